The molecule has 0 radical (unpaired) electrons. The minimum atomic E-state index is -3.52. The Balaban J connectivity index is 2.26. The number of hydrogen-bond acceptors (Lipinski definition) is 5. The molecule has 0 unspecified atom stereocenters. The van der Waals surface area contributed by atoms with Gasteiger partial charge in [-0.1, -0.05) is 23.2 Å². The van der Waals surface area contributed by atoms with Crippen molar-refractivity contribution >= 4 is 56.2 Å². The van der Waals surface area contributed by atoms with Gasteiger partial charge in [-0.3, -0.25) is 19.6 Å². The molecule has 0 heterocycles. The van der Waals surface area contributed by atoms with Crippen LogP contribution in [0.1, 0.15) is 10.4 Å². The molecule has 0 bridgehead atoms. The minimum Gasteiger partial charge on any atom is -0.320 e. The van der Waals surface area contributed by atoms with Gasteiger partial charge in [-0.25, -0.2) is 8.42 Å². The molecular formula is C14H11Cl2N3O5S. The highest BCUT2D eigenvalue weighted by Crippen LogP contribution is 2.28. The van der Waals surface area contributed by atoms with E-state index in [-0.39, 0.29) is 32.7 Å². The van der Waals surface area contributed by atoms with E-state index in [4.69, 9.17) is 23.2 Å². The van der Waals surface area contributed by atoms with Crippen molar-refractivity contribution in [1.29, 1.82) is 0 Å². The van der Waals surface area contributed by atoms with Crippen molar-refractivity contribution in [1.82, 2.24) is 0 Å². The molecule has 0 saturated heterocycles. The highest BCUT2D eigenvalue weighted by molar-refractivity contribution is 7.92. The van der Waals surface area contributed by atoms with Gasteiger partial charge in [-0.05, 0) is 24.3 Å². The van der Waals surface area contributed by atoms with Crippen LogP contribution in [-0.2, 0) is 10.0 Å². The van der Waals surface area contributed by atoms with E-state index in [0.29, 0.717) is 0 Å². The number of nitrogens with zero attached hydrogens (tertiary/aromatic N) is 1. The van der Waals surface area contributed by atoms with Gasteiger partial charge in [0.15, 0.2) is 0 Å². The first-order valence-corrected chi connectivity index (χ1v) is 9.24. The van der Waals surface area contributed by atoms with E-state index >= 15 is 0 Å². The number of hydrogen-bond donors (Lipinski definition) is 2. The van der Waals surface area contributed by atoms with Crippen LogP contribution in [0.3, 0.4) is 0 Å². The smallest absolute Gasteiger partial charge is 0.271 e. The van der Waals surface area contributed by atoms with Crippen LogP contribution in [0.25, 0.3) is 0 Å². The summed E-state index contributed by atoms with van der Waals surface area (Å²) in [6, 6.07) is 7.56. The SMILES string of the molecule is CS(=O)(=O)Nc1ccc(C(=O)Nc2cc([N+](=O)[O-])ccc2Cl)cc1Cl. The van der Waals surface area contributed by atoms with Crippen molar-refractivity contribution in [2.24, 2.45) is 0 Å². The maximum Gasteiger partial charge on any atom is 0.271 e. The molecule has 2 aromatic rings. The summed E-state index contributed by atoms with van der Waals surface area (Å²) in [4.78, 5) is 22.4. The number of halogens is 2. The molecule has 25 heavy (non-hydrogen) atoms. The molecule has 0 saturated carbocycles. The van der Waals surface area contributed by atoms with Crippen molar-refractivity contribution in [2.45, 2.75) is 0 Å². The lowest BCUT2D eigenvalue weighted by atomic mass is 10.2. The molecule has 0 aliphatic carbocycles. The number of sulfonamides is 1. The van der Waals surface area contributed by atoms with Gasteiger partial charge in [0.1, 0.15) is 0 Å². The molecule has 0 fully saturated rings. The van der Waals surface area contributed by atoms with Crippen LogP contribution in [0.2, 0.25) is 10.0 Å². The second kappa shape index (κ2) is 7.26. The van der Waals surface area contributed by atoms with E-state index in [0.717, 1.165) is 12.3 Å². The first-order valence-electron chi connectivity index (χ1n) is 6.59. The Morgan fingerprint density at radius 1 is 1.08 bits per heavy atom. The summed E-state index contributed by atoms with van der Waals surface area (Å²) in [7, 11) is -3.52. The molecule has 8 nitrogen and oxygen atoms in total. The number of rotatable bonds is 5. The van der Waals surface area contributed by atoms with Crippen LogP contribution in [0.5, 0.6) is 0 Å². The molecule has 0 spiro atoms. The number of carbonyl (C=O) groups excluding carboxylic acids is 1. The number of nitrogens with one attached hydrogen (secondary N) is 2. The molecule has 0 aliphatic heterocycles. The fraction of sp³-hybridized carbons (Fsp3) is 0.0714. The second-order valence-electron chi connectivity index (χ2n) is 4.94. The van der Waals surface area contributed by atoms with Gasteiger partial charge >= 0.3 is 0 Å². The molecule has 1 amide bonds. The van der Waals surface area contributed by atoms with Crippen molar-refractivity contribution < 1.29 is 18.1 Å². The predicted octanol–water partition coefficient (Wildman–Crippen LogP) is 3.53. The fourth-order valence-electron chi connectivity index (χ4n) is 1.86. The van der Waals surface area contributed by atoms with Crippen LogP contribution in [-0.4, -0.2) is 25.5 Å². The zero-order chi connectivity index (χ0) is 18.8. The quantitative estimate of drug-likeness (QED) is 0.584. The third kappa shape index (κ3) is 5.05. The van der Waals surface area contributed by atoms with Crippen LogP contribution < -0.4 is 10.0 Å². The second-order valence-corrected chi connectivity index (χ2v) is 7.51. The summed E-state index contributed by atoms with van der Waals surface area (Å²) in [6.07, 6.45) is 0.967. The summed E-state index contributed by atoms with van der Waals surface area (Å²) in [5.74, 6) is -0.616. The number of non-ortho nitro benzene ring substituents is 1. The Hall–Kier alpha value is -2.36. The van der Waals surface area contributed by atoms with E-state index in [1.165, 1.54) is 30.3 Å². The Bertz CT molecular complexity index is 963. The van der Waals surface area contributed by atoms with Crippen molar-refractivity contribution in [3.63, 3.8) is 0 Å². The molecule has 0 aromatic heterocycles. The zero-order valence-corrected chi connectivity index (χ0v) is 14.9. The van der Waals surface area contributed by atoms with Crippen LogP contribution in [0.15, 0.2) is 36.4 Å². The van der Waals surface area contributed by atoms with E-state index in [1.807, 2.05) is 0 Å². The van der Waals surface area contributed by atoms with Crippen LogP contribution in [0.4, 0.5) is 17.1 Å². The molecule has 0 aliphatic rings. The number of carbonyl (C=O) groups is 1. The Kier molecular flexibility index (Phi) is 5.51. The van der Waals surface area contributed by atoms with Crippen LogP contribution >= 0.6 is 23.2 Å². The maximum absolute atomic E-state index is 12.3. The van der Waals surface area contributed by atoms with E-state index in [2.05, 4.69) is 10.0 Å². The highest BCUT2D eigenvalue weighted by atomic mass is 35.5. The number of anilines is 2. The Morgan fingerprint density at radius 3 is 2.32 bits per heavy atom. The Morgan fingerprint density at radius 2 is 1.76 bits per heavy atom. The van der Waals surface area contributed by atoms with Crippen LogP contribution in [0, 0.1) is 10.1 Å². The fourth-order valence-corrected chi connectivity index (χ4v) is 2.88. The summed E-state index contributed by atoms with van der Waals surface area (Å²) in [6.45, 7) is 0. The van der Waals surface area contributed by atoms with E-state index in [9.17, 15) is 23.3 Å². The van der Waals surface area contributed by atoms with Crippen molar-refractivity contribution in [2.75, 3.05) is 16.3 Å². The van der Waals surface area contributed by atoms with E-state index in [1.54, 1.807) is 0 Å². The van der Waals surface area contributed by atoms with Gasteiger partial charge < -0.3 is 5.32 Å². The van der Waals surface area contributed by atoms with Gasteiger partial charge in [0, 0.05) is 17.7 Å². The summed E-state index contributed by atoms with van der Waals surface area (Å²) in [5, 5.41) is 13.4. The third-order valence-electron chi connectivity index (χ3n) is 2.94. The molecular weight excluding hydrogens is 393 g/mol. The maximum atomic E-state index is 12.3. The lowest BCUT2D eigenvalue weighted by molar-refractivity contribution is -0.384. The predicted molar refractivity (Wildman–Crippen MR) is 96.0 cm³/mol. The lowest BCUT2D eigenvalue weighted by Gasteiger charge is -2.10. The standard InChI is InChI=1S/C14H11Cl2N3O5S/c1-25(23,24)18-12-5-2-8(6-11(12)16)14(20)17-13-7-9(19(21)22)3-4-10(13)15/h2-7,18H,1H3,(H,17,20). The third-order valence-corrected chi connectivity index (χ3v) is 4.17. The Labute approximate surface area is 152 Å². The normalized spacial score (nSPS) is 11.0. The summed E-state index contributed by atoms with van der Waals surface area (Å²) < 4.78 is 24.6. The number of amides is 1. The highest BCUT2D eigenvalue weighted by Gasteiger charge is 2.15. The van der Waals surface area contributed by atoms with Gasteiger partial charge in [0.25, 0.3) is 11.6 Å². The first-order chi connectivity index (χ1) is 11.6. The monoisotopic (exact) mass is 403 g/mol. The average molecular weight is 404 g/mol. The number of benzene rings is 2. The average Bonchev–Trinajstić information content (AvgIpc) is 2.49. The molecule has 0 atom stereocenters. The van der Waals surface area contributed by atoms with E-state index < -0.39 is 20.9 Å². The number of nitro benzene ring substituents is 1. The molecule has 2 aromatic carbocycles. The first kappa shape index (κ1) is 19.0. The van der Waals surface area contributed by atoms with Crippen molar-refractivity contribution in [3.05, 3.63) is 62.1 Å². The number of nitro groups is 1. The molecule has 11 heteroatoms. The van der Waals surface area contributed by atoms with Gasteiger partial charge in [-0.2, -0.15) is 0 Å². The minimum absolute atomic E-state index is 0.0169. The van der Waals surface area contributed by atoms with Gasteiger partial charge in [-0.15, -0.1) is 0 Å². The summed E-state index contributed by atoms with van der Waals surface area (Å²) >= 11 is 11.9. The van der Waals surface area contributed by atoms with Crippen molar-refractivity contribution in [3.8, 4) is 0 Å². The zero-order valence-electron chi connectivity index (χ0n) is 12.6. The largest absolute Gasteiger partial charge is 0.320 e. The van der Waals surface area contributed by atoms with Gasteiger partial charge in [0.2, 0.25) is 10.0 Å². The molecule has 2 rings (SSSR count). The molecule has 2 N–H and O–H groups in total. The molecule has 132 valence electrons. The topological polar surface area (TPSA) is 118 Å². The lowest BCUT2D eigenvalue weighted by Crippen LogP contribution is -2.14. The summed E-state index contributed by atoms with van der Waals surface area (Å²) in [5.41, 5.74) is 0.0708. The van der Waals surface area contributed by atoms with Gasteiger partial charge in [0.05, 0.1) is 32.6 Å².